The molecule has 5 nitrogen and oxygen atoms in total. The van der Waals surface area contributed by atoms with Gasteiger partial charge in [-0.15, -0.1) is 0 Å². The van der Waals surface area contributed by atoms with Crippen molar-refractivity contribution >= 4 is 17.7 Å². The van der Waals surface area contributed by atoms with Gasteiger partial charge in [0.15, 0.2) is 0 Å². The van der Waals surface area contributed by atoms with Gasteiger partial charge in [0, 0.05) is 19.0 Å². The minimum Gasteiger partial charge on any atom is -0.353 e. The van der Waals surface area contributed by atoms with Crippen molar-refractivity contribution in [2.24, 2.45) is 0 Å². The summed E-state index contributed by atoms with van der Waals surface area (Å²) in [7, 11) is 0. The van der Waals surface area contributed by atoms with Crippen molar-refractivity contribution in [1.82, 2.24) is 10.2 Å². The number of fused-ring (bicyclic) bond motifs is 1. The predicted molar refractivity (Wildman–Crippen MR) is 76.8 cm³/mol. The Balaban J connectivity index is 1.58. The van der Waals surface area contributed by atoms with Crippen LogP contribution in [0.5, 0.6) is 0 Å². The highest BCUT2D eigenvalue weighted by molar-refractivity contribution is 6.21. The molecule has 1 fully saturated rings. The van der Waals surface area contributed by atoms with E-state index in [1.54, 1.807) is 24.3 Å². The van der Waals surface area contributed by atoms with Crippen molar-refractivity contribution in [1.29, 1.82) is 0 Å². The quantitative estimate of drug-likeness (QED) is 0.857. The standard InChI is InChI=1S/C16H18N2O3/c19-14(17-11-5-1-2-6-11)9-10-18-15(20)12-7-3-4-8-13(12)16(18)21/h3-4,7-8,11H,1-2,5-6,9-10H2,(H,17,19). The average molecular weight is 286 g/mol. The highest BCUT2D eigenvalue weighted by Crippen LogP contribution is 2.22. The lowest BCUT2D eigenvalue weighted by atomic mass is 10.1. The monoisotopic (exact) mass is 286 g/mol. The van der Waals surface area contributed by atoms with E-state index in [1.807, 2.05) is 0 Å². The predicted octanol–water partition coefficient (Wildman–Crippen LogP) is 1.73. The third kappa shape index (κ3) is 2.68. The van der Waals surface area contributed by atoms with E-state index in [9.17, 15) is 14.4 Å². The van der Waals surface area contributed by atoms with Crippen molar-refractivity contribution in [3.05, 3.63) is 35.4 Å². The van der Waals surface area contributed by atoms with E-state index in [2.05, 4.69) is 5.32 Å². The summed E-state index contributed by atoms with van der Waals surface area (Å²) in [5, 5.41) is 2.97. The van der Waals surface area contributed by atoms with Crippen molar-refractivity contribution in [3.63, 3.8) is 0 Å². The Morgan fingerprint density at radius 1 is 1.10 bits per heavy atom. The van der Waals surface area contributed by atoms with Crippen LogP contribution in [0.25, 0.3) is 0 Å². The van der Waals surface area contributed by atoms with Crippen LogP contribution in [0.3, 0.4) is 0 Å². The molecule has 0 bridgehead atoms. The lowest BCUT2D eigenvalue weighted by Gasteiger charge is -2.15. The number of hydrogen-bond acceptors (Lipinski definition) is 3. The molecule has 21 heavy (non-hydrogen) atoms. The molecule has 5 heteroatoms. The van der Waals surface area contributed by atoms with Crippen LogP contribution < -0.4 is 5.32 Å². The van der Waals surface area contributed by atoms with Gasteiger partial charge in [-0.1, -0.05) is 25.0 Å². The molecule has 0 spiro atoms. The fourth-order valence-electron chi connectivity index (χ4n) is 3.03. The third-order valence-corrected chi connectivity index (χ3v) is 4.16. The number of nitrogens with one attached hydrogen (secondary N) is 1. The lowest BCUT2D eigenvalue weighted by Crippen LogP contribution is -2.37. The van der Waals surface area contributed by atoms with Gasteiger partial charge in [0.1, 0.15) is 0 Å². The summed E-state index contributed by atoms with van der Waals surface area (Å²) in [6, 6.07) is 7.03. The average Bonchev–Trinajstić information content (AvgIpc) is 3.07. The number of benzene rings is 1. The van der Waals surface area contributed by atoms with Crippen molar-refractivity contribution in [3.8, 4) is 0 Å². The van der Waals surface area contributed by atoms with E-state index in [1.165, 1.54) is 4.90 Å². The number of carbonyl (C=O) groups excluding carboxylic acids is 3. The van der Waals surface area contributed by atoms with Crippen LogP contribution in [0.15, 0.2) is 24.3 Å². The van der Waals surface area contributed by atoms with Crippen LogP contribution >= 0.6 is 0 Å². The number of imide groups is 1. The molecule has 1 saturated carbocycles. The van der Waals surface area contributed by atoms with E-state index in [0.717, 1.165) is 25.7 Å². The molecule has 0 aromatic heterocycles. The van der Waals surface area contributed by atoms with Crippen molar-refractivity contribution < 1.29 is 14.4 Å². The fraction of sp³-hybridized carbons (Fsp3) is 0.438. The van der Waals surface area contributed by atoms with Crippen molar-refractivity contribution in [2.45, 2.75) is 38.1 Å². The molecule has 3 rings (SSSR count). The molecule has 0 saturated heterocycles. The van der Waals surface area contributed by atoms with Gasteiger partial charge in [-0.2, -0.15) is 0 Å². The molecular weight excluding hydrogens is 268 g/mol. The first-order valence-electron chi connectivity index (χ1n) is 7.41. The minimum absolute atomic E-state index is 0.0848. The third-order valence-electron chi connectivity index (χ3n) is 4.16. The largest absolute Gasteiger partial charge is 0.353 e. The molecule has 1 aromatic carbocycles. The molecule has 1 N–H and O–H groups in total. The summed E-state index contributed by atoms with van der Waals surface area (Å²) in [5.41, 5.74) is 0.859. The highest BCUT2D eigenvalue weighted by Gasteiger charge is 2.35. The summed E-state index contributed by atoms with van der Waals surface area (Å²) in [6.07, 6.45) is 4.53. The summed E-state index contributed by atoms with van der Waals surface area (Å²) < 4.78 is 0. The lowest BCUT2D eigenvalue weighted by molar-refractivity contribution is -0.121. The fourth-order valence-corrected chi connectivity index (χ4v) is 3.03. The molecular formula is C16H18N2O3. The first-order valence-corrected chi connectivity index (χ1v) is 7.41. The minimum atomic E-state index is -0.302. The van der Waals surface area contributed by atoms with E-state index in [-0.39, 0.29) is 36.7 Å². The Morgan fingerprint density at radius 2 is 1.67 bits per heavy atom. The van der Waals surface area contributed by atoms with E-state index in [0.29, 0.717) is 11.1 Å². The maximum absolute atomic E-state index is 12.1. The first kappa shape index (κ1) is 13.8. The molecule has 1 aromatic rings. The van der Waals surface area contributed by atoms with E-state index < -0.39 is 0 Å². The van der Waals surface area contributed by atoms with Gasteiger partial charge < -0.3 is 5.32 Å². The van der Waals surface area contributed by atoms with Gasteiger partial charge in [0.05, 0.1) is 11.1 Å². The molecule has 3 amide bonds. The molecule has 1 aliphatic carbocycles. The maximum Gasteiger partial charge on any atom is 0.261 e. The second kappa shape index (κ2) is 5.68. The molecule has 0 radical (unpaired) electrons. The Hall–Kier alpha value is -2.17. The molecule has 0 atom stereocenters. The second-order valence-corrected chi connectivity index (χ2v) is 5.61. The van der Waals surface area contributed by atoms with Gasteiger partial charge in [-0.05, 0) is 25.0 Å². The molecule has 1 aliphatic heterocycles. The maximum atomic E-state index is 12.1. The summed E-state index contributed by atoms with van der Waals surface area (Å²) in [5.74, 6) is -0.688. The highest BCUT2D eigenvalue weighted by atomic mass is 16.2. The van der Waals surface area contributed by atoms with Gasteiger partial charge in [0.2, 0.25) is 5.91 Å². The Kier molecular flexibility index (Phi) is 3.73. The van der Waals surface area contributed by atoms with Gasteiger partial charge in [-0.25, -0.2) is 0 Å². The van der Waals surface area contributed by atoms with Gasteiger partial charge in [-0.3, -0.25) is 19.3 Å². The number of amides is 3. The van der Waals surface area contributed by atoms with Crippen LogP contribution in [0.4, 0.5) is 0 Å². The number of carbonyl (C=O) groups is 3. The van der Waals surface area contributed by atoms with Crippen molar-refractivity contribution in [2.75, 3.05) is 6.54 Å². The van der Waals surface area contributed by atoms with Crippen LogP contribution in [-0.4, -0.2) is 35.2 Å². The zero-order valence-corrected chi connectivity index (χ0v) is 11.8. The Bertz CT molecular complexity index is 556. The SMILES string of the molecule is O=C(CCN1C(=O)c2ccccc2C1=O)NC1CCCC1. The second-order valence-electron chi connectivity index (χ2n) is 5.61. The summed E-state index contributed by atoms with van der Waals surface area (Å²) in [4.78, 5) is 37.3. The van der Waals surface area contributed by atoms with Crippen LogP contribution in [-0.2, 0) is 4.79 Å². The smallest absolute Gasteiger partial charge is 0.261 e. The molecule has 2 aliphatic rings. The molecule has 0 unspecified atom stereocenters. The van der Waals surface area contributed by atoms with Gasteiger partial charge in [0.25, 0.3) is 11.8 Å². The van der Waals surface area contributed by atoms with E-state index in [4.69, 9.17) is 0 Å². The van der Waals surface area contributed by atoms with Crippen LogP contribution in [0.1, 0.15) is 52.8 Å². The summed E-state index contributed by atoms with van der Waals surface area (Å²) in [6.45, 7) is 0.144. The Labute approximate surface area is 123 Å². The zero-order chi connectivity index (χ0) is 14.8. The zero-order valence-electron chi connectivity index (χ0n) is 11.8. The van der Waals surface area contributed by atoms with Crippen LogP contribution in [0.2, 0.25) is 0 Å². The number of rotatable bonds is 4. The normalized spacial score (nSPS) is 18.2. The number of hydrogen-bond donors (Lipinski definition) is 1. The molecule has 110 valence electrons. The topological polar surface area (TPSA) is 66.5 Å². The Morgan fingerprint density at radius 3 is 2.24 bits per heavy atom. The van der Waals surface area contributed by atoms with Gasteiger partial charge >= 0.3 is 0 Å². The first-order chi connectivity index (χ1) is 10.2. The number of nitrogens with zero attached hydrogens (tertiary/aromatic N) is 1. The van der Waals surface area contributed by atoms with Crippen LogP contribution in [0, 0.1) is 0 Å². The van der Waals surface area contributed by atoms with E-state index >= 15 is 0 Å². The summed E-state index contributed by atoms with van der Waals surface area (Å²) >= 11 is 0. The molecule has 1 heterocycles.